The predicted molar refractivity (Wildman–Crippen MR) is 126 cm³/mol. The van der Waals surface area contributed by atoms with Crippen LogP contribution in [-0.2, 0) is 42.0 Å². The molecule has 175 valence electrons. The second-order valence-corrected chi connectivity index (χ2v) is 9.08. The van der Waals surface area contributed by atoms with Crippen molar-refractivity contribution in [1.82, 2.24) is 0 Å². The minimum absolute atomic E-state index is 0. The van der Waals surface area contributed by atoms with Gasteiger partial charge in [-0.2, -0.15) is 8.42 Å². The number of esters is 2. The molecule has 0 aromatic heterocycles. The van der Waals surface area contributed by atoms with E-state index in [0.29, 0.717) is 12.8 Å². The van der Waals surface area contributed by atoms with Gasteiger partial charge in [-0.15, -0.1) is 0 Å². The molecule has 2 aromatic carbocycles. The largest absolute Gasteiger partial charge is 0.466 e. The van der Waals surface area contributed by atoms with Gasteiger partial charge < -0.3 is 9.47 Å². The second kappa shape index (κ2) is 16.0. The summed E-state index contributed by atoms with van der Waals surface area (Å²) in [6.45, 7) is 0.116. The van der Waals surface area contributed by atoms with E-state index in [0.717, 1.165) is 31.2 Å². The minimum atomic E-state index is -4.79. The van der Waals surface area contributed by atoms with Crippen molar-refractivity contribution in [3.8, 4) is 0 Å². The Bertz CT molecular complexity index is 934. The smallest absolute Gasteiger partial charge is 0.327 e. The molecule has 0 fully saturated rings. The van der Waals surface area contributed by atoms with Crippen molar-refractivity contribution >= 4 is 51.6 Å². The molecule has 9 heteroatoms. The summed E-state index contributed by atoms with van der Waals surface area (Å²) >= 11 is 0. The SMILES string of the molecule is O=C(CC(C(=O)OCCCCc1ccccc1)S(=O)(=O)O)OCCCCc1ccccc1.[Na]. The molecule has 2 rings (SSSR count). The van der Waals surface area contributed by atoms with Gasteiger partial charge in [0, 0.05) is 29.6 Å². The fourth-order valence-electron chi connectivity index (χ4n) is 3.12. The first kappa shape index (κ1) is 29.3. The molecule has 33 heavy (non-hydrogen) atoms. The molecule has 1 N–H and O–H groups in total. The van der Waals surface area contributed by atoms with Crippen molar-refractivity contribution in [1.29, 1.82) is 0 Å². The van der Waals surface area contributed by atoms with Gasteiger partial charge in [-0.3, -0.25) is 14.1 Å². The van der Waals surface area contributed by atoms with Gasteiger partial charge in [-0.05, 0) is 49.7 Å². The van der Waals surface area contributed by atoms with E-state index in [1.54, 1.807) is 0 Å². The van der Waals surface area contributed by atoms with Gasteiger partial charge in [0.25, 0.3) is 10.1 Å². The third-order valence-corrected chi connectivity index (χ3v) is 5.97. The van der Waals surface area contributed by atoms with Crippen LogP contribution in [0.2, 0.25) is 0 Å². The molecule has 1 unspecified atom stereocenters. The van der Waals surface area contributed by atoms with E-state index in [1.165, 1.54) is 5.56 Å². The average molecular weight is 486 g/mol. The van der Waals surface area contributed by atoms with Gasteiger partial charge in [0.1, 0.15) is 0 Å². The number of rotatable bonds is 14. The first-order valence-corrected chi connectivity index (χ1v) is 12.2. The first-order valence-electron chi connectivity index (χ1n) is 10.7. The number of hydrogen-bond donors (Lipinski definition) is 1. The Balaban J connectivity index is 0.00000544. The Hall–Kier alpha value is -1.71. The van der Waals surface area contributed by atoms with Gasteiger partial charge in [0.2, 0.25) is 0 Å². The molecular weight excluding hydrogens is 455 g/mol. The number of ether oxygens (including phenoxy) is 2. The van der Waals surface area contributed by atoms with Crippen LogP contribution in [0.15, 0.2) is 60.7 Å². The molecular formula is C24H30NaO7S. The van der Waals surface area contributed by atoms with Crippen LogP contribution >= 0.6 is 0 Å². The van der Waals surface area contributed by atoms with E-state index in [9.17, 15) is 22.6 Å². The summed E-state index contributed by atoms with van der Waals surface area (Å²) in [5, 5.41) is -1.98. The maximum Gasteiger partial charge on any atom is 0.327 e. The zero-order valence-corrected chi connectivity index (χ0v) is 21.8. The summed E-state index contributed by atoms with van der Waals surface area (Å²) in [5.41, 5.74) is 2.33. The van der Waals surface area contributed by atoms with E-state index in [2.05, 4.69) is 0 Å². The van der Waals surface area contributed by atoms with Crippen molar-refractivity contribution in [2.24, 2.45) is 0 Å². The van der Waals surface area contributed by atoms with Crippen LogP contribution < -0.4 is 0 Å². The van der Waals surface area contributed by atoms with Gasteiger partial charge in [0.05, 0.1) is 19.6 Å². The predicted octanol–water partition coefficient (Wildman–Crippen LogP) is 3.38. The molecule has 1 radical (unpaired) electrons. The van der Waals surface area contributed by atoms with Gasteiger partial charge in [0.15, 0.2) is 5.25 Å². The molecule has 0 spiro atoms. The molecule has 0 aliphatic rings. The van der Waals surface area contributed by atoms with Crippen molar-refractivity contribution in [3.63, 3.8) is 0 Å². The summed E-state index contributed by atoms with van der Waals surface area (Å²) in [4.78, 5) is 24.1. The zero-order valence-electron chi connectivity index (χ0n) is 19.0. The third kappa shape index (κ3) is 12.4. The molecule has 2 aromatic rings. The fraction of sp³-hybridized carbons (Fsp3) is 0.417. The molecule has 0 amide bonds. The van der Waals surface area contributed by atoms with Crippen molar-refractivity contribution < 1.29 is 32.0 Å². The van der Waals surface area contributed by atoms with Crippen LogP contribution in [0.5, 0.6) is 0 Å². The van der Waals surface area contributed by atoms with Crippen LogP contribution in [0.25, 0.3) is 0 Å². The maximum absolute atomic E-state index is 12.1. The topological polar surface area (TPSA) is 107 Å². The molecule has 0 aliphatic carbocycles. The Kier molecular flexibility index (Phi) is 14.2. The minimum Gasteiger partial charge on any atom is -0.466 e. The summed E-state index contributed by atoms with van der Waals surface area (Å²) in [6.07, 6.45) is 3.54. The maximum atomic E-state index is 12.1. The normalized spacial score (nSPS) is 11.8. The van der Waals surface area contributed by atoms with E-state index in [4.69, 9.17) is 9.47 Å². The summed E-state index contributed by atoms with van der Waals surface area (Å²) in [6, 6.07) is 19.7. The second-order valence-electron chi connectivity index (χ2n) is 7.48. The fourth-order valence-corrected chi connectivity index (χ4v) is 3.78. The Labute approximate surface area is 217 Å². The van der Waals surface area contributed by atoms with E-state index in [1.807, 2.05) is 60.7 Å². The summed E-state index contributed by atoms with van der Waals surface area (Å²) in [7, 11) is -4.79. The molecule has 0 bridgehead atoms. The number of carbonyl (C=O) groups is 2. The Morgan fingerprint density at radius 2 is 1.21 bits per heavy atom. The van der Waals surface area contributed by atoms with Crippen LogP contribution in [0.3, 0.4) is 0 Å². The van der Waals surface area contributed by atoms with Gasteiger partial charge in [-0.25, -0.2) is 0 Å². The van der Waals surface area contributed by atoms with Crippen LogP contribution in [0.1, 0.15) is 43.2 Å². The van der Waals surface area contributed by atoms with Crippen LogP contribution in [-0.4, -0.2) is 72.9 Å². The number of benzene rings is 2. The number of hydrogen-bond acceptors (Lipinski definition) is 6. The van der Waals surface area contributed by atoms with E-state index < -0.39 is 33.7 Å². The first-order chi connectivity index (χ1) is 15.4. The Morgan fingerprint density at radius 3 is 1.67 bits per heavy atom. The third-order valence-electron chi connectivity index (χ3n) is 4.89. The van der Waals surface area contributed by atoms with Crippen molar-refractivity contribution in [2.45, 2.75) is 50.2 Å². The van der Waals surface area contributed by atoms with E-state index in [-0.39, 0.29) is 42.8 Å². The Morgan fingerprint density at radius 1 is 0.758 bits per heavy atom. The number of aryl methyl sites for hydroxylation is 2. The monoisotopic (exact) mass is 485 g/mol. The summed E-state index contributed by atoms with van der Waals surface area (Å²) in [5.74, 6) is -2.01. The quantitative estimate of drug-likeness (QED) is 0.189. The molecule has 0 saturated carbocycles. The van der Waals surface area contributed by atoms with Crippen LogP contribution in [0.4, 0.5) is 0 Å². The van der Waals surface area contributed by atoms with Crippen molar-refractivity contribution in [2.75, 3.05) is 13.2 Å². The zero-order chi connectivity index (χ0) is 23.2. The number of unbranched alkanes of at least 4 members (excludes halogenated alkanes) is 2. The molecule has 0 aliphatic heterocycles. The van der Waals surface area contributed by atoms with Gasteiger partial charge >= 0.3 is 11.9 Å². The average Bonchev–Trinajstić information content (AvgIpc) is 2.77. The summed E-state index contributed by atoms with van der Waals surface area (Å²) < 4.78 is 42.5. The number of carbonyl (C=O) groups excluding carboxylic acids is 2. The molecule has 0 heterocycles. The standard InChI is InChI=1S/C24H30O7S.Na/c25-23(30-17-9-7-15-20-11-3-1-4-12-20)19-22(32(27,28)29)24(26)31-18-10-8-16-21-13-5-2-6-14-21;/h1-6,11-14,22H,7-10,15-19H2,(H,27,28,29);. The molecule has 7 nitrogen and oxygen atoms in total. The van der Waals surface area contributed by atoms with E-state index >= 15 is 0 Å². The van der Waals surface area contributed by atoms with Gasteiger partial charge in [-0.1, -0.05) is 60.7 Å². The van der Waals surface area contributed by atoms with Crippen molar-refractivity contribution in [3.05, 3.63) is 71.8 Å². The molecule has 1 atom stereocenters. The molecule has 0 saturated heterocycles. The van der Waals surface area contributed by atoms with Crippen LogP contribution in [0, 0.1) is 0 Å².